The molecule has 2 aromatic heterocycles. The Morgan fingerprint density at radius 2 is 1.05 bits per heavy atom. The maximum Gasteiger partial charge on any atom is 0.152 e. The Balaban J connectivity index is 1.11. The van der Waals surface area contributed by atoms with Crippen LogP contribution >= 0.6 is 0 Å². The molecular formula is C40H24N2O. The molecule has 1 aliphatic heterocycles. The third-order valence-electron chi connectivity index (χ3n) is 9.08. The van der Waals surface area contributed by atoms with Gasteiger partial charge in [-0.3, -0.25) is 0 Å². The molecule has 0 bridgehead atoms. The van der Waals surface area contributed by atoms with E-state index in [4.69, 9.17) is 4.74 Å². The summed E-state index contributed by atoms with van der Waals surface area (Å²) >= 11 is 0. The summed E-state index contributed by atoms with van der Waals surface area (Å²) in [7, 11) is 0. The molecule has 0 fully saturated rings. The van der Waals surface area contributed by atoms with Crippen molar-refractivity contribution in [3.63, 3.8) is 0 Å². The second-order valence-electron chi connectivity index (χ2n) is 11.4. The second-order valence-corrected chi connectivity index (χ2v) is 11.4. The Morgan fingerprint density at radius 1 is 0.395 bits per heavy atom. The van der Waals surface area contributed by atoms with E-state index in [-0.39, 0.29) is 0 Å². The number of para-hydroxylation sites is 3. The Hall–Kier alpha value is -5.80. The fraction of sp³-hybridized carbons (Fsp3) is 0. The number of fused-ring (bicyclic) bond motifs is 9. The minimum absolute atomic E-state index is 0.872. The van der Waals surface area contributed by atoms with Crippen LogP contribution in [0.15, 0.2) is 146 Å². The van der Waals surface area contributed by atoms with Crippen LogP contribution < -0.4 is 4.74 Å². The Kier molecular flexibility index (Phi) is 4.45. The largest absolute Gasteiger partial charge is 0.453 e. The van der Waals surface area contributed by atoms with Gasteiger partial charge in [-0.2, -0.15) is 0 Å². The molecule has 3 nitrogen and oxygen atoms in total. The van der Waals surface area contributed by atoms with Gasteiger partial charge in [0.25, 0.3) is 0 Å². The van der Waals surface area contributed by atoms with Crippen LogP contribution in [0, 0.1) is 0 Å². The quantitative estimate of drug-likeness (QED) is 0.210. The van der Waals surface area contributed by atoms with Crippen LogP contribution in [0.4, 0.5) is 0 Å². The fourth-order valence-electron chi connectivity index (χ4n) is 7.13. The third-order valence-corrected chi connectivity index (χ3v) is 9.08. The van der Waals surface area contributed by atoms with Crippen molar-refractivity contribution in [1.82, 2.24) is 9.13 Å². The molecule has 3 heterocycles. The van der Waals surface area contributed by atoms with Gasteiger partial charge in [0.05, 0.1) is 27.8 Å². The van der Waals surface area contributed by atoms with Crippen LogP contribution in [0.2, 0.25) is 0 Å². The van der Waals surface area contributed by atoms with Gasteiger partial charge in [-0.25, -0.2) is 0 Å². The zero-order valence-corrected chi connectivity index (χ0v) is 23.2. The van der Waals surface area contributed by atoms with E-state index in [1.807, 2.05) is 0 Å². The van der Waals surface area contributed by atoms with Crippen LogP contribution in [0.1, 0.15) is 0 Å². The van der Waals surface area contributed by atoms with Crippen molar-refractivity contribution >= 4 is 54.4 Å². The van der Waals surface area contributed by atoms with Crippen LogP contribution in [0.25, 0.3) is 76.9 Å². The summed E-state index contributed by atoms with van der Waals surface area (Å²) in [5.74, 6) is 1.77. The van der Waals surface area contributed by atoms with Gasteiger partial charge in [0.2, 0.25) is 0 Å². The zero-order valence-electron chi connectivity index (χ0n) is 23.2. The summed E-state index contributed by atoms with van der Waals surface area (Å²) < 4.78 is 11.3. The van der Waals surface area contributed by atoms with E-state index in [9.17, 15) is 0 Å². The molecule has 0 saturated heterocycles. The van der Waals surface area contributed by atoms with Crippen LogP contribution in [0.5, 0.6) is 11.5 Å². The van der Waals surface area contributed by atoms with Gasteiger partial charge >= 0.3 is 0 Å². The van der Waals surface area contributed by atoms with Crippen molar-refractivity contribution < 1.29 is 4.74 Å². The lowest BCUT2D eigenvalue weighted by atomic mass is 10.0. The first-order valence-corrected chi connectivity index (χ1v) is 14.7. The molecule has 0 radical (unpaired) electrons. The van der Waals surface area contributed by atoms with E-state index in [0.717, 1.165) is 39.5 Å². The molecule has 200 valence electrons. The van der Waals surface area contributed by atoms with E-state index < -0.39 is 0 Å². The van der Waals surface area contributed by atoms with Crippen LogP contribution in [0.3, 0.4) is 0 Å². The lowest BCUT2D eigenvalue weighted by Gasteiger charge is -2.21. The Bertz CT molecular complexity index is 2580. The topological polar surface area (TPSA) is 19.1 Å². The minimum Gasteiger partial charge on any atom is -0.453 e. The number of nitrogens with zero attached hydrogens (tertiary/aromatic N) is 2. The van der Waals surface area contributed by atoms with E-state index in [2.05, 4.69) is 155 Å². The van der Waals surface area contributed by atoms with E-state index in [1.165, 1.54) is 48.9 Å². The molecule has 0 atom stereocenters. The van der Waals surface area contributed by atoms with E-state index >= 15 is 0 Å². The number of rotatable bonds is 2. The van der Waals surface area contributed by atoms with Gasteiger partial charge < -0.3 is 13.9 Å². The van der Waals surface area contributed by atoms with Crippen LogP contribution in [-0.4, -0.2) is 9.13 Å². The van der Waals surface area contributed by atoms with Crippen molar-refractivity contribution in [2.45, 2.75) is 0 Å². The number of hydrogen-bond acceptors (Lipinski definition) is 1. The number of hydrogen-bond donors (Lipinski definition) is 0. The summed E-state index contributed by atoms with van der Waals surface area (Å²) in [4.78, 5) is 0. The van der Waals surface area contributed by atoms with Crippen molar-refractivity contribution in [3.8, 4) is 34.0 Å². The van der Waals surface area contributed by atoms with Crippen LogP contribution in [-0.2, 0) is 0 Å². The standard InChI is InChI=1S/C40H24N2O/c1-2-9-27-23-37-33(22-26(27)8-1)31-11-4-5-13-34(31)41(37)29-19-16-25(17-20-29)28-18-21-36-39(24-28)43-38-15-7-12-32-30-10-3-6-14-35(30)42(36)40(32)38/h1-24H. The average Bonchev–Trinajstić information content (AvgIpc) is 3.57. The molecule has 0 aliphatic carbocycles. The fourth-order valence-corrected chi connectivity index (χ4v) is 7.13. The lowest BCUT2D eigenvalue weighted by Crippen LogP contribution is -2.04. The molecule has 10 rings (SSSR count). The maximum absolute atomic E-state index is 6.53. The van der Waals surface area contributed by atoms with E-state index in [0.29, 0.717) is 0 Å². The molecule has 1 aliphatic rings. The molecule has 43 heavy (non-hydrogen) atoms. The predicted octanol–water partition coefficient (Wildman–Crippen LogP) is 10.8. The van der Waals surface area contributed by atoms with Crippen molar-refractivity contribution in [1.29, 1.82) is 0 Å². The maximum atomic E-state index is 6.53. The molecule has 0 spiro atoms. The summed E-state index contributed by atoms with van der Waals surface area (Å²) in [5, 5.41) is 7.52. The minimum atomic E-state index is 0.872. The Labute approximate surface area is 247 Å². The predicted molar refractivity (Wildman–Crippen MR) is 178 cm³/mol. The van der Waals surface area contributed by atoms with Gasteiger partial charge in [-0.05, 0) is 76.5 Å². The molecule has 7 aromatic carbocycles. The van der Waals surface area contributed by atoms with Gasteiger partial charge in [0, 0.05) is 27.2 Å². The van der Waals surface area contributed by atoms with E-state index in [1.54, 1.807) is 0 Å². The normalized spacial score (nSPS) is 12.4. The van der Waals surface area contributed by atoms with Gasteiger partial charge in [0.1, 0.15) is 0 Å². The lowest BCUT2D eigenvalue weighted by molar-refractivity contribution is 0.476. The molecule has 0 unspecified atom stereocenters. The number of ether oxygens (including phenoxy) is 1. The summed E-state index contributed by atoms with van der Waals surface area (Å²) in [6.45, 7) is 0. The first-order chi connectivity index (χ1) is 21.3. The highest BCUT2D eigenvalue weighted by atomic mass is 16.5. The highest BCUT2D eigenvalue weighted by molar-refractivity contribution is 6.14. The third kappa shape index (κ3) is 3.14. The highest BCUT2D eigenvalue weighted by Crippen LogP contribution is 2.46. The van der Waals surface area contributed by atoms with Crippen molar-refractivity contribution in [3.05, 3.63) is 146 Å². The average molecular weight is 549 g/mol. The number of aromatic nitrogens is 2. The van der Waals surface area contributed by atoms with Crippen molar-refractivity contribution in [2.24, 2.45) is 0 Å². The van der Waals surface area contributed by atoms with Crippen molar-refractivity contribution in [2.75, 3.05) is 0 Å². The van der Waals surface area contributed by atoms with Gasteiger partial charge in [-0.15, -0.1) is 0 Å². The molecule has 9 aromatic rings. The second kappa shape index (κ2) is 8.37. The zero-order chi connectivity index (χ0) is 28.1. The summed E-state index contributed by atoms with van der Waals surface area (Å²) in [6, 6.07) is 52.3. The highest BCUT2D eigenvalue weighted by Gasteiger charge is 2.24. The number of benzene rings is 7. The summed E-state index contributed by atoms with van der Waals surface area (Å²) in [5.41, 5.74) is 9.27. The molecular weight excluding hydrogens is 524 g/mol. The smallest absolute Gasteiger partial charge is 0.152 e. The van der Waals surface area contributed by atoms with Gasteiger partial charge in [-0.1, -0.05) is 91.0 Å². The molecule has 0 amide bonds. The van der Waals surface area contributed by atoms with Gasteiger partial charge in [0.15, 0.2) is 11.5 Å². The summed E-state index contributed by atoms with van der Waals surface area (Å²) in [6.07, 6.45) is 0. The Morgan fingerprint density at radius 3 is 1.86 bits per heavy atom. The first-order valence-electron chi connectivity index (χ1n) is 14.7. The monoisotopic (exact) mass is 548 g/mol. The molecule has 0 N–H and O–H groups in total. The first kappa shape index (κ1) is 22.8. The molecule has 3 heteroatoms. The SMILES string of the molecule is c1ccc2cc3c(cc2c1)c1ccccc1n3-c1ccc(-c2ccc3c(c2)Oc2cccc4c5ccccc5n-3c24)cc1. The molecule has 0 saturated carbocycles.